The molecular formula is C7H14N2. The maximum absolute atomic E-state index is 6.71. The Hall–Kier alpha value is -0.630. The fourth-order valence-electron chi connectivity index (χ4n) is 0.552. The van der Waals surface area contributed by atoms with Crippen molar-refractivity contribution >= 4 is 6.21 Å². The first-order valence-electron chi connectivity index (χ1n) is 3.26. The first-order valence-corrected chi connectivity index (χ1v) is 3.26. The molecule has 0 aromatic heterocycles. The van der Waals surface area contributed by atoms with Gasteiger partial charge in [-0.2, -0.15) is 0 Å². The molecule has 0 aliphatic heterocycles. The van der Waals surface area contributed by atoms with Gasteiger partial charge in [-0.25, -0.2) is 0 Å². The number of rotatable bonds is 5. The van der Waals surface area contributed by atoms with Gasteiger partial charge in [0.1, 0.15) is 0 Å². The number of nitrogens with two attached hydrogens (primary N) is 1. The molecule has 0 atom stereocenters. The number of nitrogens with one attached hydrogen (secondary N) is 1. The van der Waals surface area contributed by atoms with E-state index in [0.717, 1.165) is 19.3 Å². The smallest absolute Gasteiger partial charge is 0.0106 e. The Morgan fingerprint density at radius 2 is 2.00 bits per heavy atom. The van der Waals surface area contributed by atoms with Crippen molar-refractivity contribution in [1.82, 2.24) is 0 Å². The Bertz CT molecular complexity index is 86.9. The molecule has 0 bridgehead atoms. The molecule has 52 valence electrons. The molecule has 0 aliphatic carbocycles. The maximum atomic E-state index is 6.71. The number of allylic oxidation sites excluding steroid dienone is 1. The number of unbranched alkanes of at least 4 members (excludes halogenated alkanes) is 2. The number of hydrogen-bond donors (Lipinski definition) is 2. The Labute approximate surface area is 56.3 Å². The van der Waals surface area contributed by atoms with E-state index in [0.29, 0.717) is 6.54 Å². The summed E-state index contributed by atoms with van der Waals surface area (Å²) >= 11 is 0. The van der Waals surface area contributed by atoms with Gasteiger partial charge in [0.15, 0.2) is 0 Å². The van der Waals surface area contributed by atoms with Crippen LogP contribution < -0.4 is 5.73 Å². The van der Waals surface area contributed by atoms with E-state index >= 15 is 0 Å². The average Bonchev–Trinajstić information content (AvgIpc) is 1.89. The molecule has 0 radical (unpaired) electrons. The molecule has 2 nitrogen and oxygen atoms in total. The van der Waals surface area contributed by atoms with E-state index in [1.165, 1.54) is 6.21 Å². The molecule has 0 aliphatic rings. The normalized spacial score (nSPS) is 10.3. The van der Waals surface area contributed by atoms with E-state index in [1.54, 1.807) is 0 Å². The maximum Gasteiger partial charge on any atom is 0.0106 e. The predicted octanol–water partition coefficient (Wildman–Crippen LogP) is 1.32. The van der Waals surface area contributed by atoms with Crippen molar-refractivity contribution in [3.63, 3.8) is 0 Å². The van der Waals surface area contributed by atoms with Crippen LogP contribution in [0.2, 0.25) is 0 Å². The van der Waals surface area contributed by atoms with Gasteiger partial charge in [-0.3, -0.25) is 0 Å². The van der Waals surface area contributed by atoms with E-state index < -0.39 is 0 Å². The third-order valence-electron chi connectivity index (χ3n) is 1.02. The summed E-state index contributed by atoms with van der Waals surface area (Å²) in [7, 11) is 0. The van der Waals surface area contributed by atoms with Crippen LogP contribution in [-0.4, -0.2) is 12.8 Å². The quantitative estimate of drug-likeness (QED) is 0.326. The second kappa shape index (κ2) is 7.37. The first-order chi connectivity index (χ1) is 4.41. The summed E-state index contributed by atoms with van der Waals surface area (Å²) in [4.78, 5) is 0. The van der Waals surface area contributed by atoms with Crippen LogP contribution in [-0.2, 0) is 0 Å². The van der Waals surface area contributed by atoms with E-state index in [-0.39, 0.29) is 0 Å². The lowest BCUT2D eigenvalue weighted by atomic mass is 10.2. The molecule has 0 aromatic rings. The second-order valence-electron chi connectivity index (χ2n) is 1.84. The van der Waals surface area contributed by atoms with Crippen LogP contribution in [0.1, 0.15) is 19.3 Å². The lowest BCUT2D eigenvalue weighted by Gasteiger charge is -1.86. The zero-order valence-electron chi connectivity index (χ0n) is 5.64. The fraction of sp³-hybridized carbons (Fsp3) is 0.571. The summed E-state index contributed by atoms with van der Waals surface area (Å²) in [6, 6.07) is 0. The second-order valence-corrected chi connectivity index (χ2v) is 1.84. The van der Waals surface area contributed by atoms with Gasteiger partial charge in [-0.15, -0.1) is 0 Å². The highest BCUT2D eigenvalue weighted by Gasteiger charge is 1.77. The van der Waals surface area contributed by atoms with Crippen LogP contribution in [0.15, 0.2) is 12.2 Å². The molecule has 0 saturated carbocycles. The van der Waals surface area contributed by atoms with E-state index in [4.69, 9.17) is 11.1 Å². The molecule has 0 aromatic carbocycles. The van der Waals surface area contributed by atoms with Crippen molar-refractivity contribution in [2.24, 2.45) is 5.73 Å². The summed E-state index contributed by atoms with van der Waals surface area (Å²) < 4.78 is 0. The summed E-state index contributed by atoms with van der Waals surface area (Å²) in [5.74, 6) is 0. The van der Waals surface area contributed by atoms with Crippen LogP contribution in [0.5, 0.6) is 0 Å². The van der Waals surface area contributed by atoms with Crippen LogP contribution >= 0.6 is 0 Å². The lowest BCUT2D eigenvalue weighted by molar-refractivity contribution is 0.898. The molecule has 9 heavy (non-hydrogen) atoms. The van der Waals surface area contributed by atoms with Crippen LogP contribution in [0.3, 0.4) is 0 Å². The van der Waals surface area contributed by atoms with E-state index in [9.17, 15) is 0 Å². The Kier molecular flexibility index (Phi) is 6.85. The minimum atomic E-state index is 0.630. The lowest BCUT2D eigenvalue weighted by Crippen LogP contribution is -1.91. The van der Waals surface area contributed by atoms with Gasteiger partial charge in [0, 0.05) is 6.54 Å². The highest BCUT2D eigenvalue weighted by molar-refractivity contribution is 5.52. The highest BCUT2D eigenvalue weighted by Crippen LogP contribution is 1.92. The van der Waals surface area contributed by atoms with Gasteiger partial charge in [-0.1, -0.05) is 12.2 Å². The molecule has 0 rings (SSSR count). The Morgan fingerprint density at radius 1 is 1.22 bits per heavy atom. The predicted molar refractivity (Wildman–Crippen MR) is 40.8 cm³/mol. The molecule has 0 heterocycles. The van der Waals surface area contributed by atoms with Crippen molar-refractivity contribution < 1.29 is 0 Å². The van der Waals surface area contributed by atoms with Gasteiger partial charge < -0.3 is 11.1 Å². The molecule has 0 fully saturated rings. The molecule has 0 spiro atoms. The molecule has 0 unspecified atom stereocenters. The minimum absolute atomic E-state index is 0.630. The molecule has 0 saturated heterocycles. The third-order valence-corrected chi connectivity index (χ3v) is 1.02. The third kappa shape index (κ3) is 7.37. The van der Waals surface area contributed by atoms with Crippen molar-refractivity contribution in [3.05, 3.63) is 12.2 Å². The Balaban J connectivity index is 2.90. The molecule has 2 heteroatoms. The summed E-state index contributed by atoms with van der Waals surface area (Å²) in [5, 5.41) is 6.71. The molecule has 0 amide bonds. The number of hydrogen-bond acceptors (Lipinski definition) is 2. The highest BCUT2D eigenvalue weighted by atomic mass is 14.5. The standard InChI is InChI=1S/C7H14N2/c8-6-4-2-1-3-5-7-9/h2,4,7,9H,1,3,5-6,8H2. The van der Waals surface area contributed by atoms with Gasteiger partial charge in [-0.05, 0) is 25.5 Å². The van der Waals surface area contributed by atoms with Crippen LogP contribution in [0.25, 0.3) is 0 Å². The summed E-state index contributed by atoms with van der Waals surface area (Å²) in [5.41, 5.74) is 5.21. The minimum Gasteiger partial charge on any atom is -0.327 e. The van der Waals surface area contributed by atoms with Crippen molar-refractivity contribution in [3.8, 4) is 0 Å². The summed E-state index contributed by atoms with van der Waals surface area (Å²) in [6.45, 7) is 0.630. The van der Waals surface area contributed by atoms with Crippen LogP contribution in [0, 0.1) is 5.41 Å². The largest absolute Gasteiger partial charge is 0.327 e. The van der Waals surface area contributed by atoms with Crippen molar-refractivity contribution in [2.75, 3.05) is 6.54 Å². The fourth-order valence-corrected chi connectivity index (χ4v) is 0.552. The average molecular weight is 126 g/mol. The van der Waals surface area contributed by atoms with Gasteiger partial charge in [0.2, 0.25) is 0 Å². The van der Waals surface area contributed by atoms with Gasteiger partial charge >= 0.3 is 0 Å². The topological polar surface area (TPSA) is 49.9 Å². The monoisotopic (exact) mass is 126 g/mol. The van der Waals surface area contributed by atoms with Crippen molar-refractivity contribution in [1.29, 1.82) is 5.41 Å². The zero-order chi connectivity index (χ0) is 6.95. The van der Waals surface area contributed by atoms with Crippen LogP contribution in [0.4, 0.5) is 0 Å². The first kappa shape index (κ1) is 8.37. The summed E-state index contributed by atoms with van der Waals surface area (Å²) in [6.07, 6.45) is 8.45. The van der Waals surface area contributed by atoms with E-state index in [1.807, 2.05) is 6.08 Å². The van der Waals surface area contributed by atoms with E-state index in [2.05, 4.69) is 6.08 Å². The van der Waals surface area contributed by atoms with Gasteiger partial charge in [0.25, 0.3) is 0 Å². The van der Waals surface area contributed by atoms with Gasteiger partial charge in [0.05, 0.1) is 0 Å². The SMILES string of the molecule is N=CCCCC=CCN. The Morgan fingerprint density at radius 3 is 2.56 bits per heavy atom. The molecule has 3 N–H and O–H groups in total. The van der Waals surface area contributed by atoms with Crippen molar-refractivity contribution in [2.45, 2.75) is 19.3 Å². The molecular weight excluding hydrogens is 112 g/mol. The zero-order valence-corrected chi connectivity index (χ0v) is 5.64.